The lowest BCUT2D eigenvalue weighted by Crippen LogP contribution is -1.82. The van der Waals surface area contributed by atoms with E-state index in [1.807, 2.05) is 0 Å². The molecular formula is C10H18Si. The van der Waals surface area contributed by atoms with E-state index in [1.165, 1.54) is 29.5 Å². The van der Waals surface area contributed by atoms with Crippen LogP contribution in [0.2, 0.25) is 5.54 Å². The van der Waals surface area contributed by atoms with Gasteiger partial charge in [-0.2, -0.15) is 0 Å². The molecule has 1 heteroatoms. The van der Waals surface area contributed by atoms with Crippen molar-refractivity contribution in [1.82, 2.24) is 0 Å². The molecule has 0 saturated carbocycles. The van der Waals surface area contributed by atoms with Gasteiger partial charge < -0.3 is 0 Å². The maximum absolute atomic E-state index is 2.46. The number of allylic oxidation sites excluding steroid dienone is 4. The maximum atomic E-state index is 2.46. The normalized spacial score (nSPS) is 23.6. The lowest BCUT2D eigenvalue weighted by molar-refractivity contribution is 0.798. The van der Waals surface area contributed by atoms with Crippen molar-refractivity contribution in [3.63, 3.8) is 0 Å². The van der Waals surface area contributed by atoms with E-state index >= 15 is 0 Å². The van der Waals surface area contributed by atoms with Crippen molar-refractivity contribution in [3.8, 4) is 0 Å². The predicted molar refractivity (Wildman–Crippen MR) is 55.1 cm³/mol. The summed E-state index contributed by atoms with van der Waals surface area (Å²) in [7, 11) is 1.29. The van der Waals surface area contributed by atoms with Gasteiger partial charge >= 0.3 is 0 Å². The van der Waals surface area contributed by atoms with Gasteiger partial charge in [0.1, 0.15) is 0 Å². The Labute approximate surface area is 72.8 Å². The van der Waals surface area contributed by atoms with E-state index in [1.54, 1.807) is 11.1 Å². The minimum atomic E-state index is 0.835. The average Bonchev–Trinajstić information content (AvgIpc) is 2.28. The van der Waals surface area contributed by atoms with Gasteiger partial charge in [-0.25, -0.2) is 0 Å². The molecule has 1 aliphatic rings. The van der Waals surface area contributed by atoms with Gasteiger partial charge in [-0.3, -0.25) is 0 Å². The molecule has 1 unspecified atom stereocenters. The fourth-order valence-corrected chi connectivity index (χ4v) is 2.06. The van der Waals surface area contributed by atoms with Crippen LogP contribution in [0.15, 0.2) is 23.3 Å². The van der Waals surface area contributed by atoms with Gasteiger partial charge in [-0.1, -0.05) is 36.6 Å². The first-order valence-corrected chi connectivity index (χ1v) is 5.78. The molecule has 0 bridgehead atoms. The summed E-state index contributed by atoms with van der Waals surface area (Å²) in [4.78, 5) is 0. The summed E-state index contributed by atoms with van der Waals surface area (Å²) in [5.41, 5.74) is 4.01. The van der Waals surface area contributed by atoms with Gasteiger partial charge in [0.2, 0.25) is 0 Å². The predicted octanol–water partition coefficient (Wildman–Crippen LogP) is 2.22. The average molecular weight is 166 g/mol. The molecule has 0 fully saturated rings. The molecule has 0 radical (unpaired) electrons. The molecule has 0 aliphatic heterocycles. The largest absolute Gasteiger partial charge is 0.0779 e. The van der Waals surface area contributed by atoms with Crippen LogP contribution in [0.5, 0.6) is 0 Å². The lowest BCUT2D eigenvalue weighted by Gasteiger charge is -1.97. The smallest absolute Gasteiger partial charge is 0.0166 e. The van der Waals surface area contributed by atoms with Gasteiger partial charge in [0.15, 0.2) is 0 Å². The van der Waals surface area contributed by atoms with Gasteiger partial charge in [0, 0.05) is 10.2 Å². The maximum Gasteiger partial charge on any atom is 0.0166 e. The first-order valence-electron chi connectivity index (χ1n) is 4.63. The Hall–Kier alpha value is -0.303. The summed E-state index contributed by atoms with van der Waals surface area (Å²) in [5.74, 6) is 0. The third-order valence-electron chi connectivity index (χ3n) is 2.41. The summed E-state index contributed by atoms with van der Waals surface area (Å²) in [6, 6.07) is 0. The monoisotopic (exact) mass is 166 g/mol. The summed E-state index contributed by atoms with van der Waals surface area (Å²) < 4.78 is 0. The summed E-state index contributed by atoms with van der Waals surface area (Å²) in [6.45, 7) is 4.51. The van der Waals surface area contributed by atoms with Crippen molar-refractivity contribution in [2.75, 3.05) is 0 Å². The van der Waals surface area contributed by atoms with Crippen LogP contribution in [-0.4, -0.2) is 10.2 Å². The Morgan fingerprint density at radius 2 is 2.27 bits per heavy atom. The molecule has 0 N–H and O–H groups in total. The summed E-state index contributed by atoms with van der Waals surface area (Å²) in [5, 5.41) is 0. The highest BCUT2D eigenvalue weighted by atomic mass is 28.1. The zero-order chi connectivity index (χ0) is 8.27. The van der Waals surface area contributed by atoms with Crippen LogP contribution >= 0.6 is 0 Å². The molecule has 0 saturated heterocycles. The molecule has 1 aliphatic carbocycles. The van der Waals surface area contributed by atoms with Crippen LogP contribution in [0.3, 0.4) is 0 Å². The van der Waals surface area contributed by atoms with E-state index in [-0.39, 0.29) is 0 Å². The second-order valence-corrected chi connectivity index (χ2v) is 4.77. The zero-order valence-electron chi connectivity index (χ0n) is 7.85. The van der Waals surface area contributed by atoms with E-state index in [4.69, 9.17) is 0 Å². The summed E-state index contributed by atoms with van der Waals surface area (Å²) in [6.07, 6.45) is 8.80. The van der Waals surface area contributed by atoms with E-state index in [2.05, 4.69) is 26.0 Å². The van der Waals surface area contributed by atoms with Gasteiger partial charge in [-0.05, 0) is 25.3 Å². The Kier molecular flexibility index (Phi) is 3.12. The van der Waals surface area contributed by atoms with Crippen LogP contribution in [0, 0.1) is 0 Å². The third-order valence-corrected chi connectivity index (χ3v) is 3.66. The highest BCUT2D eigenvalue weighted by Gasteiger charge is 2.09. The molecule has 0 spiro atoms. The highest BCUT2D eigenvalue weighted by molar-refractivity contribution is 6.15. The minimum Gasteiger partial charge on any atom is -0.0779 e. The number of hydrogen-bond acceptors (Lipinski definition) is 0. The molecule has 0 heterocycles. The fourth-order valence-electron chi connectivity index (χ4n) is 1.46. The molecule has 0 aromatic heterocycles. The summed E-state index contributed by atoms with van der Waals surface area (Å²) >= 11 is 0. The highest BCUT2D eigenvalue weighted by Crippen LogP contribution is 2.28. The van der Waals surface area contributed by atoms with Crippen molar-refractivity contribution in [1.29, 1.82) is 0 Å². The van der Waals surface area contributed by atoms with Crippen molar-refractivity contribution < 1.29 is 0 Å². The topological polar surface area (TPSA) is 0 Å². The SMILES string of the molecule is CCCCC1=CC([SiH3])C(C)=C1. The van der Waals surface area contributed by atoms with Crippen molar-refractivity contribution >= 4 is 10.2 Å². The lowest BCUT2D eigenvalue weighted by atomic mass is 10.1. The van der Waals surface area contributed by atoms with Crippen molar-refractivity contribution in [2.24, 2.45) is 0 Å². The molecule has 0 aromatic rings. The number of rotatable bonds is 3. The quantitative estimate of drug-likeness (QED) is 0.564. The van der Waals surface area contributed by atoms with E-state index in [9.17, 15) is 0 Å². The second kappa shape index (κ2) is 3.91. The van der Waals surface area contributed by atoms with E-state index in [0.29, 0.717) is 0 Å². The van der Waals surface area contributed by atoms with Crippen LogP contribution in [-0.2, 0) is 0 Å². The van der Waals surface area contributed by atoms with Gasteiger partial charge in [-0.15, -0.1) is 0 Å². The Morgan fingerprint density at radius 3 is 2.73 bits per heavy atom. The molecule has 0 amide bonds. The van der Waals surface area contributed by atoms with Gasteiger partial charge in [0.05, 0.1) is 0 Å². The van der Waals surface area contributed by atoms with Crippen molar-refractivity contribution in [2.45, 2.75) is 38.7 Å². The Morgan fingerprint density at radius 1 is 1.55 bits per heavy atom. The Bertz CT molecular complexity index is 189. The van der Waals surface area contributed by atoms with Crippen LogP contribution in [0.1, 0.15) is 33.1 Å². The van der Waals surface area contributed by atoms with E-state index in [0.717, 1.165) is 5.54 Å². The molecule has 0 aromatic carbocycles. The first kappa shape index (κ1) is 8.79. The first-order chi connectivity index (χ1) is 5.24. The fraction of sp³-hybridized carbons (Fsp3) is 0.600. The number of unbranched alkanes of at least 4 members (excludes halogenated alkanes) is 1. The van der Waals surface area contributed by atoms with Gasteiger partial charge in [0.25, 0.3) is 0 Å². The molecule has 1 rings (SSSR count). The van der Waals surface area contributed by atoms with Crippen LogP contribution in [0.25, 0.3) is 0 Å². The molecular weight excluding hydrogens is 148 g/mol. The standard InChI is InChI=1S/C10H18Si/c1-3-4-5-9-6-8(2)10(11)7-9/h6-7,10H,3-5H2,1-2,11H3. The van der Waals surface area contributed by atoms with Crippen molar-refractivity contribution in [3.05, 3.63) is 23.3 Å². The third kappa shape index (κ3) is 2.33. The molecule has 0 nitrogen and oxygen atoms in total. The second-order valence-electron chi connectivity index (χ2n) is 3.52. The van der Waals surface area contributed by atoms with E-state index < -0.39 is 0 Å². The molecule has 1 atom stereocenters. The minimum absolute atomic E-state index is 0.835. The molecule has 62 valence electrons. The van der Waals surface area contributed by atoms with Crippen LogP contribution < -0.4 is 0 Å². The zero-order valence-corrected chi connectivity index (χ0v) is 9.85. The molecule has 11 heavy (non-hydrogen) atoms. The Balaban J connectivity index is 2.43. The number of hydrogen-bond donors (Lipinski definition) is 0. The van der Waals surface area contributed by atoms with Crippen LogP contribution in [0.4, 0.5) is 0 Å².